The first-order valence-corrected chi connectivity index (χ1v) is 18.8. The average molecular weight is 695 g/mol. The second-order valence-electron chi connectivity index (χ2n) is 17.0. The number of para-hydroxylation sites is 3. The van der Waals surface area contributed by atoms with Crippen LogP contribution in [-0.4, -0.2) is 14.1 Å². The molecule has 0 aliphatic heterocycles. The van der Waals surface area contributed by atoms with E-state index in [0.29, 0.717) is 0 Å². The fourth-order valence-electron chi connectivity index (χ4n) is 8.41. The van der Waals surface area contributed by atoms with Crippen molar-refractivity contribution in [2.24, 2.45) is 0 Å². The molecule has 3 heterocycles. The molecule has 0 unspecified atom stereocenters. The number of imidazole rings is 1. The van der Waals surface area contributed by atoms with E-state index in [1.54, 1.807) is 0 Å². The third-order valence-corrected chi connectivity index (χ3v) is 11.4. The number of rotatable bonds is 5. The van der Waals surface area contributed by atoms with Crippen molar-refractivity contribution >= 4 is 32.8 Å². The van der Waals surface area contributed by atoms with Crippen LogP contribution < -0.4 is 9.30 Å². The van der Waals surface area contributed by atoms with Gasteiger partial charge in [-0.1, -0.05) is 109 Å². The summed E-state index contributed by atoms with van der Waals surface area (Å²) in [5, 5.41) is 2.35. The van der Waals surface area contributed by atoms with Crippen LogP contribution in [0.3, 0.4) is 0 Å². The number of ether oxygens (including phenoxy) is 1. The van der Waals surface area contributed by atoms with Crippen molar-refractivity contribution in [1.82, 2.24) is 14.1 Å². The molecule has 0 bridgehead atoms. The van der Waals surface area contributed by atoms with Crippen molar-refractivity contribution < 1.29 is 9.30 Å². The van der Waals surface area contributed by atoms with Crippen LogP contribution in [0.5, 0.6) is 11.5 Å². The smallest absolute Gasteiger partial charge is 0.269 e. The van der Waals surface area contributed by atoms with E-state index in [0.717, 1.165) is 56.9 Å². The Morgan fingerprint density at radius 2 is 1.40 bits per heavy atom. The molecular formula is C48H46N4O. The number of pyridine rings is 1. The standard InChI is InChI=1S/C48H46N4O/c1-46(2,3)32-24-27-49-44(28-32)52-39-18-9-8-16-36(39)37-23-22-35(30-43(37)52)53-34-15-12-14-33(29-34)50-31-51(41-20-11-10-19-40(41)50)42-21-13-17-38-45(42)48(6,7)26-25-47(38,4)5/h8-24,27-30H,25-26H2,1-7H3. The molecule has 0 spiro atoms. The highest BCUT2D eigenvalue weighted by molar-refractivity contribution is 6.09. The fraction of sp³-hybridized carbons (Fsp3) is 0.250. The van der Waals surface area contributed by atoms with Crippen molar-refractivity contribution in [3.63, 3.8) is 0 Å². The van der Waals surface area contributed by atoms with E-state index in [1.807, 2.05) is 12.3 Å². The van der Waals surface area contributed by atoms with E-state index in [4.69, 9.17) is 9.72 Å². The van der Waals surface area contributed by atoms with Gasteiger partial charge in [0.1, 0.15) is 17.3 Å². The van der Waals surface area contributed by atoms with Crippen LogP contribution in [0, 0.1) is 6.33 Å². The van der Waals surface area contributed by atoms with Gasteiger partial charge in [0, 0.05) is 23.0 Å². The lowest BCUT2D eigenvalue weighted by Crippen LogP contribution is -2.40. The quantitative estimate of drug-likeness (QED) is 0.133. The van der Waals surface area contributed by atoms with Crippen LogP contribution in [0.25, 0.3) is 50.0 Å². The Balaban J connectivity index is 1.13. The largest absolute Gasteiger partial charge is 0.458 e. The summed E-state index contributed by atoms with van der Waals surface area (Å²) in [7, 11) is 0. The molecular weight excluding hydrogens is 649 g/mol. The number of hydrogen-bond acceptors (Lipinski definition) is 2. The summed E-state index contributed by atoms with van der Waals surface area (Å²) < 4.78 is 13.4. The van der Waals surface area contributed by atoms with E-state index in [-0.39, 0.29) is 16.2 Å². The van der Waals surface area contributed by atoms with E-state index >= 15 is 0 Å². The van der Waals surface area contributed by atoms with Crippen molar-refractivity contribution in [3.8, 4) is 28.7 Å². The summed E-state index contributed by atoms with van der Waals surface area (Å²) >= 11 is 0. The SMILES string of the molecule is CC(C)(C)c1ccnc(-n2c3ccccc3c3ccc(Oc4cccc(-n5[c-][n+](-c6cccc7c6C(C)(C)CCC7(C)C)c6ccccc65)c4)cc32)c1. The molecule has 0 saturated carbocycles. The van der Waals surface area contributed by atoms with Crippen molar-refractivity contribution in [2.75, 3.05) is 0 Å². The number of aromatic nitrogens is 4. The molecule has 5 aromatic carbocycles. The van der Waals surface area contributed by atoms with Gasteiger partial charge in [0.15, 0.2) is 0 Å². The first-order chi connectivity index (χ1) is 25.4. The monoisotopic (exact) mass is 694 g/mol. The predicted molar refractivity (Wildman–Crippen MR) is 216 cm³/mol. The van der Waals surface area contributed by atoms with Crippen LogP contribution in [-0.2, 0) is 16.2 Å². The Hall–Kier alpha value is -5.68. The Morgan fingerprint density at radius 1 is 0.679 bits per heavy atom. The van der Waals surface area contributed by atoms with Crippen LogP contribution in [0.4, 0.5) is 0 Å². The zero-order valence-corrected chi connectivity index (χ0v) is 31.7. The second-order valence-corrected chi connectivity index (χ2v) is 17.0. The molecule has 8 aromatic rings. The molecule has 1 aliphatic carbocycles. The zero-order valence-electron chi connectivity index (χ0n) is 31.7. The summed E-state index contributed by atoms with van der Waals surface area (Å²) in [6, 6.07) is 43.0. The van der Waals surface area contributed by atoms with Gasteiger partial charge in [-0.2, -0.15) is 0 Å². The topological polar surface area (TPSA) is 35.9 Å². The first kappa shape index (κ1) is 33.2. The van der Waals surface area contributed by atoms with Gasteiger partial charge >= 0.3 is 0 Å². The average Bonchev–Trinajstić information content (AvgIpc) is 3.69. The van der Waals surface area contributed by atoms with Gasteiger partial charge < -0.3 is 4.74 Å². The molecule has 0 fully saturated rings. The molecule has 0 radical (unpaired) electrons. The molecule has 1 aliphatic rings. The molecule has 264 valence electrons. The van der Waals surface area contributed by atoms with Crippen molar-refractivity contribution in [3.05, 3.63) is 151 Å². The molecule has 0 atom stereocenters. The molecule has 5 nitrogen and oxygen atoms in total. The normalized spacial score (nSPS) is 15.2. The highest BCUT2D eigenvalue weighted by Crippen LogP contribution is 2.47. The minimum atomic E-state index is 0.00544. The second kappa shape index (κ2) is 11.9. The summed E-state index contributed by atoms with van der Waals surface area (Å²) in [5.74, 6) is 2.43. The van der Waals surface area contributed by atoms with Gasteiger partial charge in [0.25, 0.3) is 6.33 Å². The summed E-state index contributed by atoms with van der Waals surface area (Å²) in [6.07, 6.45) is 8.02. The predicted octanol–water partition coefficient (Wildman–Crippen LogP) is 11.6. The molecule has 5 heteroatoms. The summed E-state index contributed by atoms with van der Waals surface area (Å²) in [5.41, 5.74) is 10.9. The minimum Gasteiger partial charge on any atom is -0.458 e. The van der Waals surface area contributed by atoms with Gasteiger partial charge in [0.05, 0.1) is 33.4 Å². The van der Waals surface area contributed by atoms with E-state index in [1.165, 1.54) is 34.2 Å². The lowest BCUT2D eigenvalue weighted by molar-refractivity contribution is -0.573. The molecule has 9 rings (SSSR count). The van der Waals surface area contributed by atoms with Crippen molar-refractivity contribution in [1.29, 1.82) is 0 Å². The minimum absolute atomic E-state index is 0.00544. The van der Waals surface area contributed by atoms with Gasteiger partial charge in [-0.25, -0.2) is 4.98 Å². The van der Waals surface area contributed by atoms with Gasteiger partial charge in [-0.05, 0) is 100 Å². The zero-order chi connectivity index (χ0) is 36.7. The van der Waals surface area contributed by atoms with Gasteiger partial charge in [0.2, 0.25) is 0 Å². The number of fused-ring (bicyclic) bond motifs is 5. The molecule has 0 saturated heterocycles. The first-order valence-electron chi connectivity index (χ1n) is 18.8. The lowest BCUT2D eigenvalue weighted by atomic mass is 9.62. The Bertz CT molecular complexity index is 2700. The lowest BCUT2D eigenvalue weighted by Gasteiger charge is -2.43. The maximum Gasteiger partial charge on any atom is 0.269 e. The Kier molecular flexibility index (Phi) is 7.46. The van der Waals surface area contributed by atoms with Gasteiger partial charge in [-0.3, -0.25) is 13.7 Å². The van der Waals surface area contributed by atoms with Crippen LogP contribution in [0.2, 0.25) is 0 Å². The Labute approximate surface area is 312 Å². The van der Waals surface area contributed by atoms with Gasteiger partial charge in [-0.15, -0.1) is 0 Å². The van der Waals surface area contributed by atoms with Crippen LogP contribution in [0.15, 0.2) is 128 Å². The van der Waals surface area contributed by atoms with Crippen LogP contribution >= 0.6 is 0 Å². The van der Waals surface area contributed by atoms with E-state index < -0.39 is 0 Å². The van der Waals surface area contributed by atoms with E-state index in [9.17, 15) is 0 Å². The molecule has 0 amide bonds. The third-order valence-electron chi connectivity index (χ3n) is 11.4. The van der Waals surface area contributed by atoms with Crippen molar-refractivity contribution in [2.45, 2.75) is 77.6 Å². The highest BCUT2D eigenvalue weighted by Gasteiger charge is 2.39. The number of nitrogens with zero attached hydrogens (tertiary/aromatic N) is 4. The molecule has 3 aromatic heterocycles. The van der Waals surface area contributed by atoms with E-state index in [2.05, 4.69) is 184 Å². The maximum absolute atomic E-state index is 6.67. The molecule has 0 N–H and O–H groups in total. The van der Waals surface area contributed by atoms with Crippen LogP contribution in [0.1, 0.15) is 78.0 Å². The Morgan fingerprint density at radius 3 is 2.23 bits per heavy atom. The number of benzene rings is 5. The number of hydrogen-bond donors (Lipinski definition) is 0. The fourth-order valence-corrected chi connectivity index (χ4v) is 8.41. The molecule has 53 heavy (non-hydrogen) atoms. The summed E-state index contributed by atoms with van der Waals surface area (Å²) in [6.45, 7) is 16.3. The highest BCUT2D eigenvalue weighted by atomic mass is 16.5. The summed E-state index contributed by atoms with van der Waals surface area (Å²) in [4.78, 5) is 4.86. The maximum atomic E-state index is 6.67. The third kappa shape index (κ3) is 5.53.